The van der Waals surface area contributed by atoms with Crippen LogP contribution in [0, 0.1) is 6.92 Å². The largest absolute Gasteiger partial charge is 0.489 e. The Bertz CT molecular complexity index is 441. The van der Waals surface area contributed by atoms with Crippen LogP contribution in [-0.2, 0) is 6.54 Å². The third-order valence-electron chi connectivity index (χ3n) is 2.94. The molecule has 0 saturated carbocycles. The van der Waals surface area contributed by atoms with E-state index in [2.05, 4.69) is 67.7 Å². The summed E-state index contributed by atoms with van der Waals surface area (Å²) in [5.74, 6) is 0.978. The van der Waals surface area contributed by atoms with E-state index in [4.69, 9.17) is 4.74 Å². The van der Waals surface area contributed by atoms with Gasteiger partial charge in [-0.05, 0) is 36.6 Å². The second kappa shape index (κ2) is 7.71. The standard InChI is InChI=1S/C16H24BrNO/c1-6-12(4)10-19-16-13(5)7-15(17)8-14(16)9-18-11(2)3/h7-8,11,18H,4,6,9-10H2,1-3,5H3. The lowest BCUT2D eigenvalue weighted by atomic mass is 10.1. The van der Waals surface area contributed by atoms with Crippen molar-refractivity contribution >= 4 is 15.9 Å². The van der Waals surface area contributed by atoms with Crippen LogP contribution in [0.1, 0.15) is 38.3 Å². The van der Waals surface area contributed by atoms with Crippen LogP contribution in [0.5, 0.6) is 5.75 Å². The number of benzene rings is 1. The molecule has 0 atom stereocenters. The van der Waals surface area contributed by atoms with Crippen molar-refractivity contribution in [3.8, 4) is 5.75 Å². The van der Waals surface area contributed by atoms with Crippen LogP contribution in [0.15, 0.2) is 28.8 Å². The molecule has 0 amide bonds. The molecule has 0 unspecified atom stereocenters. The van der Waals surface area contributed by atoms with Crippen molar-refractivity contribution in [2.75, 3.05) is 6.61 Å². The van der Waals surface area contributed by atoms with Crippen LogP contribution in [0.4, 0.5) is 0 Å². The average molecular weight is 326 g/mol. The lowest BCUT2D eigenvalue weighted by Crippen LogP contribution is -2.22. The van der Waals surface area contributed by atoms with Crippen molar-refractivity contribution in [3.63, 3.8) is 0 Å². The van der Waals surface area contributed by atoms with Crippen LogP contribution in [-0.4, -0.2) is 12.6 Å². The summed E-state index contributed by atoms with van der Waals surface area (Å²) in [5, 5.41) is 3.43. The van der Waals surface area contributed by atoms with Gasteiger partial charge in [-0.25, -0.2) is 0 Å². The molecule has 0 aromatic heterocycles. The number of hydrogen-bond acceptors (Lipinski definition) is 2. The fourth-order valence-electron chi connectivity index (χ4n) is 1.73. The molecule has 0 heterocycles. The number of rotatable bonds is 7. The summed E-state index contributed by atoms with van der Waals surface area (Å²) in [6.45, 7) is 13.9. The van der Waals surface area contributed by atoms with Gasteiger partial charge in [-0.1, -0.05) is 43.3 Å². The number of aryl methyl sites for hydroxylation is 1. The van der Waals surface area contributed by atoms with Gasteiger partial charge in [-0.2, -0.15) is 0 Å². The second-order valence-corrected chi connectivity index (χ2v) is 6.05. The third-order valence-corrected chi connectivity index (χ3v) is 3.40. The monoisotopic (exact) mass is 325 g/mol. The maximum absolute atomic E-state index is 5.95. The Morgan fingerprint density at radius 1 is 1.42 bits per heavy atom. The van der Waals surface area contributed by atoms with Crippen LogP contribution in [0.3, 0.4) is 0 Å². The SMILES string of the molecule is C=C(CC)COc1c(C)cc(Br)cc1CNC(C)C. The molecule has 0 radical (unpaired) electrons. The lowest BCUT2D eigenvalue weighted by Gasteiger charge is -2.17. The van der Waals surface area contributed by atoms with Crippen LogP contribution in [0.25, 0.3) is 0 Å². The zero-order valence-electron chi connectivity index (χ0n) is 12.3. The molecule has 0 aliphatic rings. The summed E-state index contributed by atoms with van der Waals surface area (Å²) in [6.07, 6.45) is 0.954. The van der Waals surface area contributed by atoms with E-state index in [1.165, 1.54) is 5.56 Å². The van der Waals surface area contributed by atoms with E-state index in [0.29, 0.717) is 12.6 Å². The molecule has 106 valence electrons. The molecule has 0 aliphatic carbocycles. The zero-order valence-corrected chi connectivity index (χ0v) is 13.9. The van der Waals surface area contributed by atoms with Crippen LogP contribution >= 0.6 is 15.9 Å². The first-order valence-corrected chi connectivity index (χ1v) is 7.55. The number of halogens is 1. The van der Waals surface area contributed by atoms with Gasteiger partial charge in [0.1, 0.15) is 12.4 Å². The average Bonchev–Trinajstić information content (AvgIpc) is 2.34. The Morgan fingerprint density at radius 3 is 2.68 bits per heavy atom. The normalized spacial score (nSPS) is 10.8. The summed E-state index contributed by atoms with van der Waals surface area (Å²) in [5.41, 5.74) is 3.45. The van der Waals surface area contributed by atoms with E-state index in [1.807, 2.05) is 0 Å². The fourth-order valence-corrected chi connectivity index (χ4v) is 2.35. The maximum atomic E-state index is 5.95. The molecule has 0 aliphatic heterocycles. The summed E-state index contributed by atoms with van der Waals surface area (Å²) in [6, 6.07) is 4.66. The van der Waals surface area contributed by atoms with Crippen molar-refractivity contribution in [2.45, 2.75) is 46.7 Å². The highest BCUT2D eigenvalue weighted by molar-refractivity contribution is 9.10. The molecular formula is C16H24BrNO. The quantitative estimate of drug-likeness (QED) is 0.739. The van der Waals surface area contributed by atoms with Crippen molar-refractivity contribution in [2.24, 2.45) is 0 Å². The smallest absolute Gasteiger partial charge is 0.127 e. The van der Waals surface area contributed by atoms with Gasteiger partial charge >= 0.3 is 0 Å². The Hall–Kier alpha value is -0.800. The van der Waals surface area contributed by atoms with E-state index in [9.17, 15) is 0 Å². The fraction of sp³-hybridized carbons (Fsp3) is 0.500. The summed E-state index contributed by atoms with van der Waals surface area (Å²) < 4.78 is 7.04. The Balaban J connectivity index is 2.89. The molecule has 3 heteroatoms. The van der Waals surface area contributed by atoms with Crippen molar-refractivity contribution in [1.29, 1.82) is 0 Å². The first-order valence-electron chi connectivity index (χ1n) is 6.75. The molecule has 2 nitrogen and oxygen atoms in total. The minimum atomic E-state index is 0.456. The van der Waals surface area contributed by atoms with Gasteiger partial charge in [0.05, 0.1) is 0 Å². The first-order chi connectivity index (χ1) is 8.93. The minimum Gasteiger partial charge on any atom is -0.489 e. The first kappa shape index (κ1) is 16.3. The zero-order chi connectivity index (χ0) is 14.4. The van der Waals surface area contributed by atoms with Gasteiger partial charge in [0.2, 0.25) is 0 Å². The van der Waals surface area contributed by atoms with E-state index in [-0.39, 0.29) is 0 Å². The van der Waals surface area contributed by atoms with Gasteiger partial charge in [-0.3, -0.25) is 0 Å². The minimum absolute atomic E-state index is 0.456. The van der Waals surface area contributed by atoms with Gasteiger partial charge in [-0.15, -0.1) is 0 Å². The Labute approximate surface area is 125 Å². The number of nitrogens with one attached hydrogen (secondary N) is 1. The molecule has 19 heavy (non-hydrogen) atoms. The molecule has 0 saturated heterocycles. The van der Waals surface area contributed by atoms with Gasteiger partial charge in [0, 0.05) is 22.6 Å². The van der Waals surface area contributed by atoms with Crippen molar-refractivity contribution < 1.29 is 4.74 Å². The highest BCUT2D eigenvalue weighted by Crippen LogP contribution is 2.28. The molecular weight excluding hydrogens is 302 g/mol. The molecule has 0 fully saturated rings. The Morgan fingerprint density at radius 2 is 2.11 bits per heavy atom. The van der Waals surface area contributed by atoms with E-state index >= 15 is 0 Å². The van der Waals surface area contributed by atoms with Gasteiger partial charge in [0.15, 0.2) is 0 Å². The van der Waals surface area contributed by atoms with Crippen molar-refractivity contribution in [1.82, 2.24) is 5.32 Å². The van der Waals surface area contributed by atoms with E-state index in [0.717, 1.165) is 34.3 Å². The number of ether oxygens (including phenoxy) is 1. The molecule has 1 aromatic carbocycles. The van der Waals surface area contributed by atoms with Crippen LogP contribution in [0.2, 0.25) is 0 Å². The molecule has 0 spiro atoms. The van der Waals surface area contributed by atoms with Crippen molar-refractivity contribution in [3.05, 3.63) is 39.9 Å². The molecule has 1 rings (SSSR count). The van der Waals surface area contributed by atoms with Gasteiger partial charge < -0.3 is 10.1 Å². The highest BCUT2D eigenvalue weighted by atomic mass is 79.9. The predicted molar refractivity (Wildman–Crippen MR) is 85.8 cm³/mol. The summed E-state index contributed by atoms with van der Waals surface area (Å²) in [4.78, 5) is 0. The Kier molecular flexibility index (Phi) is 6.59. The molecule has 1 aromatic rings. The molecule has 1 N–H and O–H groups in total. The van der Waals surface area contributed by atoms with E-state index in [1.54, 1.807) is 0 Å². The molecule has 0 bridgehead atoms. The highest BCUT2D eigenvalue weighted by Gasteiger charge is 2.10. The second-order valence-electron chi connectivity index (χ2n) is 5.14. The third kappa shape index (κ3) is 5.37. The number of hydrogen-bond donors (Lipinski definition) is 1. The maximum Gasteiger partial charge on any atom is 0.127 e. The predicted octanol–water partition coefficient (Wildman–Crippen LogP) is 4.60. The van der Waals surface area contributed by atoms with Gasteiger partial charge in [0.25, 0.3) is 0 Å². The topological polar surface area (TPSA) is 21.3 Å². The summed E-state index contributed by atoms with van der Waals surface area (Å²) in [7, 11) is 0. The van der Waals surface area contributed by atoms with Crippen LogP contribution < -0.4 is 10.1 Å². The lowest BCUT2D eigenvalue weighted by molar-refractivity contribution is 0.341. The van der Waals surface area contributed by atoms with E-state index < -0.39 is 0 Å². The summed E-state index contributed by atoms with van der Waals surface area (Å²) >= 11 is 3.55.